The molecule has 0 aliphatic carbocycles. The van der Waals surface area contributed by atoms with Crippen molar-refractivity contribution in [2.75, 3.05) is 0 Å². The summed E-state index contributed by atoms with van der Waals surface area (Å²) < 4.78 is 0. The van der Waals surface area contributed by atoms with E-state index in [4.69, 9.17) is 10.5 Å². The predicted molar refractivity (Wildman–Crippen MR) is 66.7 cm³/mol. The average molecular weight is 232 g/mol. The van der Waals surface area contributed by atoms with Crippen molar-refractivity contribution in [1.29, 1.82) is 10.5 Å². The molecule has 0 saturated carbocycles. The summed E-state index contributed by atoms with van der Waals surface area (Å²) in [7, 11) is 0. The molecule has 0 bridgehead atoms. The molecule has 0 saturated heterocycles. The zero-order valence-corrected chi connectivity index (χ0v) is 9.41. The van der Waals surface area contributed by atoms with Gasteiger partial charge in [-0.2, -0.15) is 10.5 Å². The Morgan fingerprint density at radius 3 is 2.33 bits per heavy atom. The van der Waals surface area contributed by atoms with Crippen molar-refractivity contribution in [1.82, 2.24) is 9.97 Å². The number of aromatic nitrogens is 2. The summed E-state index contributed by atoms with van der Waals surface area (Å²) in [6, 6.07) is 12.9. The first kappa shape index (κ1) is 11.5. The van der Waals surface area contributed by atoms with Gasteiger partial charge in [0.1, 0.15) is 24.0 Å². The Bertz CT molecular complexity index is 627. The van der Waals surface area contributed by atoms with Gasteiger partial charge in [0.15, 0.2) is 0 Å². The quantitative estimate of drug-likeness (QED) is 0.746. The van der Waals surface area contributed by atoms with E-state index in [1.807, 2.05) is 42.5 Å². The fourth-order valence-corrected chi connectivity index (χ4v) is 1.47. The molecular formula is C14H8N4. The fourth-order valence-electron chi connectivity index (χ4n) is 1.47. The Kier molecular flexibility index (Phi) is 3.44. The summed E-state index contributed by atoms with van der Waals surface area (Å²) in [4.78, 5) is 8.00. The molecule has 1 aromatic carbocycles. The summed E-state index contributed by atoms with van der Waals surface area (Å²) in [5.41, 5.74) is 2.70. The van der Waals surface area contributed by atoms with Crippen LogP contribution in [-0.4, -0.2) is 9.97 Å². The molecule has 0 unspecified atom stereocenters. The predicted octanol–water partition coefficient (Wildman–Crippen LogP) is 2.57. The van der Waals surface area contributed by atoms with Crippen molar-refractivity contribution in [2.24, 2.45) is 0 Å². The number of hydrogen-bond donors (Lipinski definition) is 0. The molecule has 0 spiro atoms. The molecule has 0 amide bonds. The van der Waals surface area contributed by atoms with Crippen LogP contribution >= 0.6 is 0 Å². The van der Waals surface area contributed by atoms with Gasteiger partial charge in [0.05, 0.1) is 5.69 Å². The van der Waals surface area contributed by atoms with Gasteiger partial charge in [-0.15, -0.1) is 0 Å². The Morgan fingerprint density at radius 1 is 1.06 bits per heavy atom. The molecular weight excluding hydrogens is 224 g/mol. The van der Waals surface area contributed by atoms with Crippen LogP contribution in [0.1, 0.15) is 5.56 Å². The maximum Gasteiger partial charge on any atom is 0.130 e. The summed E-state index contributed by atoms with van der Waals surface area (Å²) in [6.45, 7) is 0. The van der Waals surface area contributed by atoms with Crippen molar-refractivity contribution >= 4 is 6.08 Å². The first-order valence-electron chi connectivity index (χ1n) is 5.22. The molecule has 84 valence electrons. The number of nitriles is 2. The number of allylic oxidation sites excluding steroid dienone is 1. The van der Waals surface area contributed by atoms with Crippen LogP contribution in [0.5, 0.6) is 0 Å². The molecule has 2 rings (SSSR count). The van der Waals surface area contributed by atoms with Crippen LogP contribution in [0.4, 0.5) is 0 Å². The van der Waals surface area contributed by atoms with Gasteiger partial charge in [-0.1, -0.05) is 24.3 Å². The van der Waals surface area contributed by atoms with E-state index in [1.54, 1.807) is 12.3 Å². The van der Waals surface area contributed by atoms with Gasteiger partial charge >= 0.3 is 0 Å². The number of hydrogen-bond acceptors (Lipinski definition) is 4. The van der Waals surface area contributed by atoms with Crippen LogP contribution < -0.4 is 0 Å². The topological polar surface area (TPSA) is 73.4 Å². The van der Waals surface area contributed by atoms with Gasteiger partial charge in [-0.05, 0) is 17.7 Å². The highest BCUT2D eigenvalue weighted by Crippen LogP contribution is 2.17. The average Bonchev–Trinajstić information content (AvgIpc) is 2.46. The van der Waals surface area contributed by atoms with Crippen molar-refractivity contribution in [3.8, 4) is 23.4 Å². The van der Waals surface area contributed by atoms with Crippen LogP contribution in [0.3, 0.4) is 0 Å². The normalized spacial score (nSPS) is 9.00. The van der Waals surface area contributed by atoms with Gasteiger partial charge in [-0.3, -0.25) is 0 Å². The van der Waals surface area contributed by atoms with Gasteiger partial charge < -0.3 is 0 Å². The lowest BCUT2D eigenvalue weighted by atomic mass is 10.1. The minimum Gasteiger partial charge on any atom is -0.245 e. The van der Waals surface area contributed by atoms with E-state index in [0.29, 0.717) is 0 Å². The lowest BCUT2D eigenvalue weighted by molar-refractivity contribution is 1.17. The molecule has 0 N–H and O–H groups in total. The van der Waals surface area contributed by atoms with Gasteiger partial charge in [0.2, 0.25) is 0 Å². The van der Waals surface area contributed by atoms with Crippen LogP contribution in [-0.2, 0) is 0 Å². The summed E-state index contributed by atoms with van der Waals surface area (Å²) in [5, 5.41) is 17.3. The highest BCUT2D eigenvalue weighted by molar-refractivity contribution is 5.66. The molecule has 1 aromatic heterocycles. The first-order valence-corrected chi connectivity index (χ1v) is 5.22. The maximum absolute atomic E-state index is 8.66. The lowest BCUT2D eigenvalue weighted by Crippen LogP contribution is -1.84. The molecule has 4 nitrogen and oxygen atoms in total. The Hall–Kier alpha value is -2.98. The van der Waals surface area contributed by atoms with Crippen LogP contribution in [0.15, 0.2) is 48.4 Å². The van der Waals surface area contributed by atoms with E-state index < -0.39 is 0 Å². The molecule has 0 aliphatic rings. The second-order valence-corrected chi connectivity index (χ2v) is 3.50. The second kappa shape index (κ2) is 5.38. The molecule has 0 aliphatic heterocycles. The third-order valence-corrected chi connectivity index (χ3v) is 2.34. The number of nitrogens with zero attached hydrogens (tertiary/aromatic N) is 4. The van der Waals surface area contributed by atoms with Gasteiger partial charge in [0, 0.05) is 11.8 Å². The van der Waals surface area contributed by atoms with Gasteiger partial charge in [0.25, 0.3) is 0 Å². The third kappa shape index (κ3) is 2.58. The van der Waals surface area contributed by atoms with Crippen molar-refractivity contribution in [3.05, 3.63) is 54.0 Å². The SMILES string of the molecule is N#CC(C#N)=Cc1ccc(-c2ccncn2)cc1. The molecule has 18 heavy (non-hydrogen) atoms. The van der Waals surface area contributed by atoms with E-state index in [-0.39, 0.29) is 5.57 Å². The molecule has 2 aromatic rings. The third-order valence-electron chi connectivity index (χ3n) is 2.34. The van der Waals surface area contributed by atoms with Crippen molar-refractivity contribution in [3.63, 3.8) is 0 Å². The zero-order chi connectivity index (χ0) is 12.8. The Labute approximate surface area is 104 Å². The van der Waals surface area contributed by atoms with Crippen molar-refractivity contribution < 1.29 is 0 Å². The molecule has 1 heterocycles. The highest BCUT2D eigenvalue weighted by Gasteiger charge is 1.98. The second-order valence-electron chi connectivity index (χ2n) is 3.50. The first-order chi connectivity index (χ1) is 8.83. The highest BCUT2D eigenvalue weighted by atomic mass is 14.8. The van der Waals surface area contributed by atoms with Crippen molar-refractivity contribution in [2.45, 2.75) is 0 Å². The summed E-state index contributed by atoms with van der Waals surface area (Å²) >= 11 is 0. The molecule has 4 heteroatoms. The van der Waals surface area contributed by atoms with Crippen LogP contribution in [0, 0.1) is 22.7 Å². The van der Waals surface area contributed by atoms with E-state index in [2.05, 4.69) is 9.97 Å². The van der Waals surface area contributed by atoms with Crippen LogP contribution in [0.25, 0.3) is 17.3 Å². The monoisotopic (exact) mass is 232 g/mol. The Balaban J connectivity index is 2.30. The number of rotatable bonds is 2. The van der Waals surface area contributed by atoms with Gasteiger partial charge in [-0.25, -0.2) is 9.97 Å². The maximum atomic E-state index is 8.66. The van der Waals surface area contributed by atoms with E-state index >= 15 is 0 Å². The smallest absolute Gasteiger partial charge is 0.130 e. The van der Waals surface area contributed by atoms with Crippen LogP contribution in [0.2, 0.25) is 0 Å². The van der Waals surface area contributed by atoms with E-state index in [0.717, 1.165) is 16.8 Å². The largest absolute Gasteiger partial charge is 0.245 e. The standard InChI is InChI=1S/C14H8N4/c15-8-12(9-16)7-11-1-3-13(4-2-11)14-5-6-17-10-18-14/h1-7,10H. The lowest BCUT2D eigenvalue weighted by Gasteiger charge is -2.00. The fraction of sp³-hybridized carbons (Fsp3) is 0. The number of benzene rings is 1. The Morgan fingerprint density at radius 2 is 1.78 bits per heavy atom. The minimum absolute atomic E-state index is 0.0878. The minimum atomic E-state index is 0.0878. The molecule has 0 fully saturated rings. The summed E-state index contributed by atoms with van der Waals surface area (Å²) in [5.74, 6) is 0. The van der Waals surface area contributed by atoms with E-state index in [1.165, 1.54) is 6.33 Å². The molecule has 0 atom stereocenters. The zero-order valence-electron chi connectivity index (χ0n) is 9.41. The summed E-state index contributed by atoms with van der Waals surface area (Å²) in [6.07, 6.45) is 4.72. The molecule has 0 radical (unpaired) electrons. The van der Waals surface area contributed by atoms with E-state index in [9.17, 15) is 0 Å².